The van der Waals surface area contributed by atoms with E-state index in [0.29, 0.717) is 6.61 Å². The van der Waals surface area contributed by atoms with E-state index in [1.54, 1.807) is 0 Å². The highest BCUT2D eigenvalue weighted by atomic mass is 28.4. The Morgan fingerprint density at radius 2 is 1.85 bits per heavy atom. The van der Waals surface area contributed by atoms with Crippen LogP contribution in [0.5, 0.6) is 0 Å². The Labute approximate surface area is 123 Å². The zero-order valence-electron chi connectivity index (χ0n) is 13.6. The van der Waals surface area contributed by atoms with Gasteiger partial charge in [-0.3, -0.25) is 4.79 Å². The second-order valence-corrected chi connectivity index (χ2v) is 12.4. The predicted octanol–water partition coefficient (Wildman–Crippen LogP) is 2.97. The summed E-state index contributed by atoms with van der Waals surface area (Å²) < 4.78 is 17.2. The van der Waals surface area contributed by atoms with Crippen molar-refractivity contribution >= 4 is 14.3 Å². The lowest BCUT2D eigenvalue weighted by Gasteiger charge is -2.38. The Morgan fingerprint density at radius 1 is 1.25 bits per heavy atom. The van der Waals surface area contributed by atoms with Crippen molar-refractivity contribution in [2.75, 3.05) is 13.7 Å². The molecule has 2 saturated heterocycles. The van der Waals surface area contributed by atoms with Crippen molar-refractivity contribution in [1.82, 2.24) is 0 Å². The van der Waals surface area contributed by atoms with Crippen LogP contribution >= 0.6 is 0 Å². The van der Waals surface area contributed by atoms with Crippen LogP contribution in [0.2, 0.25) is 18.1 Å². The third-order valence-corrected chi connectivity index (χ3v) is 9.84. The molecule has 0 aromatic carbocycles. The zero-order chi connectivity index (χ0) is 15.1. The molecular weight excluding hydrogens is 272 g/mol. The summed E-state index contributed by atoms with van der Waals surface area (Å²) in [6.45, 7) is 11.8. The molecule has 5 heteroatoms. The Hall–Kier alpha value is -0.393. The van der Waals surface area contributed by atoms with Crippen molar-refractivity contribution in [3.8, 4) is 0 Å². The minimum Gasteiger partial charge on any atom is -0.469 e. The van der Waals surface area contributed by atoms with Crippen LogP contribution in [0.1, 0.15) is 33.6 Å². The molecule has 0 aliphatic carbocycles. The SMILES string of the molecule is COC(=O)[C@@H]1[C@H](CO[Si](C)(C)C(C)(C)C)[C@H]2CC[C@@H]1O2. The molecule has 2 heterocycles. The van der Waals surface area contributed by atoms with Gasteiger partial charge in [-0.05, 0) is 31.0 Å². The molecule has 0 unspecified atom stereocenters. The maximum atomic E-state index is 12.0. The van der Waals surface area contributed by atoms with Crippen LogP contribution in [0.3, 0.4) is 0 Å². The van der Waals surface area contributed by atoms with E-state index in [-0.39, 0.29) is 35.1 Å². The molecule has 2 aliphatic rings. The summed E-state index contributed by atoms with van der Waals surface area (Å²) in [6, 6.07) is 0. The smallest absolute Gasteiger partial charge is 0.311 e. The highest BCUT2D eigenvalue weighted by Gasteiger charge is 2.53. The molecule has 0 spiro atoms. The highest BCUT2D eigenvalue weighted by molar-refractivity contribution is 6.74. The third kappa shape index (κ3) is 2.80. The number of hydrogen-bond donors (Lipinski definition) is 0. The van der Waals surface area contributed by atoms with Gasteiger partial charge in [0.25, 0.3) is 0 Å². The van der Waals surface area contributed by atoms with Crippen LogP contribution in [-0.2, 0) is 18.7 Å². The minimum absolute atomic E-state index is 0.0421. The normalized spacial score (nSPS) is 33.5. The molecule has 2 rings (SSSR count). The van der Waals surface area contributed by atoms with Gasteiger partial charge in [-0.15, -0.1) is 0 Å². The first kappa shape index (κ1) is 16.0. The summed E-state index contributed by atoms with van der Waals surface area (Å²) in [7, 11) is -0.324. The fourth-order valence-corrected chi connectivity index (χ4v) is 4.01. The lowest BCUT2D eigenvalue weighted by Crippen LogP contribution is -2.45. The minimum atomic E-state index is -1.78. The molecule has 0 amide bonds. The number of esters is 1. The molecule has 2 fully saturated rings. The second-order valence-electron chi connectivity index (χ2n) is 7.57. The fraction of sp³-hybridized carbons (Fsp3) is 0.933. The quantitative estimate of drug-likeness (QED) is 0.591. The molecule has 20 heavy (non-hydrogen) atoms. The van der Waals surface area contributed by atoms with Gasteiger partial charge in [0.1, 0.15) is 0 Å². The zero-order valence-corrected chi connectivity index (χ0v) is 14.6. The number of carbonyl (C=O) groups excluding carboxylic acids is 1. The van der Waals surface area contributed by atoms with Crippen molar-refractivity contribution in [3.63, 3.8) is 0 Å². The molecule has 4 atom stereocenters. The lowest BCUT2D eigenvalue weighted by molar-refractivity contribution is -0.149. The summed E-state index contributed by atoms with van der Waals surface area (Å²) in [5.41, 5.74) is 0. The van der Waals surface area contributed by atoms with E-state index < -0.39 is 8.32 Å². The molecule has 0 aromatic rings. The summed E-state index contributed by atoms with van der Waals surface area (Å²) in [4.78, 5) is 12.0. The van der Waals surface area contributed by atoms with Crippen molar-refractivity contribution < 1.29 is 18.7 Å². The van der Waals surface area contributed by atoms with Crippen molar-refractivity contribution in [3.05, 3.63) is 0 Å². The molecule has 0 saturated carbocycles. The number of carbonyl (C=O) groups is 1. The average molecular weight is 300 g/mol. The van der Waals surface area contributed by atoms with Gasteiger partial charge in [-0.1, -0.05) is 20.8 Å². The van der Waals surface area contributed by atoms with Gasteiger partial charge in [0, 0.05) is 12.5 Å². The highest BCUT2D eigenvalue weighted by Crippen LogP contribution is 2.45. The Morgan fingerprint density at radius 3 is 2.40 bits per heavy atom. The number of rotatable bonds is 4. The molecule has 0 aromatic heterocycles. The van der Waals surface area contributed by atoms with Gasteiger partial charge in [-0.2, -0.15) is 0 Å². The van der Waals surface area contributed by atoms with Gasteiger partial charge >= 0.3 is 5.97 Å². The van der Waals surface area contributed by atoms with Crippen molar-refractivity contribution in [2.45, 2.75) is 64.0 Å². The van der Waals surface area contributed by atoms with Crippen LogP contribution in [0, 0.1) is 11.8 Å². The number of methoxy groups -OCH3 is 1. The van der Waals surface area contributed by atoms with Crippen molar-refractivity contribution in [1.29, 1.82) is 0 Å². The van der Waals surface area contributed by atoms with Gasteiger partial charge in [0.2, 0.25) is 0 Å². The summed E-state index contributed by atoms with van der Waals surface area (Å²) in [6.07, 6.45) is 2.24. The van der Waals surface area contributed by atoms with E-state index in [9.17, 15) is 4.79 Å². The van der Waals surface area contributed by atoms with E-state index >= 15 is 0 Å². The van der Waals surface area contributed by atoms with Gasteiger partial charge in [0.05, 0.1) is 25.2 Å². The Bertz CT molecular complexity index is 375. The van der Waals surface area contributed by atoms with E-state index in [0.717, 1.165) is 12.8 Å². The van der Waals surface area contributed by atoms with Crippen LogP contribution in [-0.4, -0.2) is 40.2 Å². The number of hydrogen-bond acceptors (Lipinski definition) is 4. The first-order valence-corrected chi connectivity index (χ1v) is 10.5. The second kappa shape index (κ2) is 5.43. The van der Waals surface area contributed by atoms with Crippen LogP contribution in [0.15, 0.2) is 0 Å². The van der Waals surface area contributed by atoms with Gasteiger partial charge in [-0.25, -0.2) is 0 Å². The third-order valence-electron chi connectivity index (χ3n) is 5.34. The number of fused-ring (bicyclic) bond motifs is 2. The summed E-state index contributed by atoms with van der Waals surface area (Å²) in [5.74, 6) is -0.111. The van der Waals surface area contributed by atoms with Crippen LogP contribution in [0.25, 0.3) is 0 Å². The largest absolute Gasteiger partial charge is 0.469 e. The first-order chi connectivity index (χ1) is 9.17. The van der Waals surface area contributed by atoms with E-state index in [2.05, 4.69) is 33.9 Å². The summed E-state index contributed by atoms with van der Waals surface area (Å²) in [5, 5.41) is 0.187. The Balaban J connectivity index is 2.03. The fourth-order valence-electron chi connectivity index (χ4n) is 2.97. The number of ether oxygens (including phenoxy) is 2. The maximum Gasteiger partial charge on any atom is 0.311 e. The van der Waals surface area contributed by atoms with Crippen LogP contribution < -0.4 is 0 Å². The van der Waals surface area contributed by atoms with Crippen LogP contribution in [0.4, 0.5) is 0 Å². The van der Waals surface area contributed by atoms with E-state index in [1.807, 2.05) is 0 Å². The summed E-state index contributed by atoms with van der Waals surface area (Å²) >= 11 is 0. The van der Waals surface area contributed by atoms with Gasteiger partial charge < -0.3 is 13.9 Å². The standard InChI is InChI=1S/C15H28O4Si/c1-15(2,3)20(5,6)18-9-10-11-7-8-12(19-11)13(10)14(16)17-4/h10-13H,7-9H2,1-6H3/t10-,11-,12+,13-/m1/s1. The molecular formula is C15H28O4Si. The molecule has 4 nitrogen and oxygen atoms in total. The molecule has 2 bridgehead atoms. The molecule has 2 aliphatic heterocycles. The average Bonchev–Trinajstić information content (AvgIpc) is 2.94. The molecule has 0 radical (unpaired) electrons. The lowest BCUT2D eigenvalue weighted by atomic mass is 9.80. The van der Waals surface area contributed by atoms with E-state index in [4.69, 9.17) is 13.9 Å². The molecule has 116 valence electrons. The monoisotopic (exact) mass is 300 g/mol. The maximum absolute atomic E-state index is 12.0. The topological polar surface area (TPSA) is 44.8 Å². The van der Waals surface area contributed by atoms with Crippen molar-refractivity contribution in [2.24, 2.45) is 11.8 Å². The van der Waals surface area contributed by atoms with Gasteiger partial charge in [0.15, 0.2) is 8.32 Å². The predicted molar refractivity (Wildman–Crippen MR) is 80.0 cm³/mol. The first-order valence-electron chi connectivity index (χ1n) is 7.54. The Kier molecular flexibility index (Phi) is 4.34. The molecule has 0 N–H and O–H groups in total. The van der Waals surface area contributed by atoms with E-state index in [1.165, 1.54) is 7.11 Å².